The third kappa shape index (κ3) is 2.99. The number of carbonyl (C=O) groups is 1. The molecular weight excluding hydrogens is 240 g/mol. The second-order valence-corrected chi connectivity index (χ2v) is 5.99. The molecule has 1 aliphatic rings. The molecule has 1 fully saturated rings. The van der Waals surface area contributed by atoms with Crippen molar-refractivity contribution in [1.82, 2.24) is 10.6 Å². The van der Waals surface area contributed by atoms with E-state index in [9.17, 15) is 4.79 Å². The first kappa shape index (κ1) is 12.0. The zero-order chi connectivity index (χ0) is 11.4. The number of hydrogen-bond donors (Lipinski definition) is 2. The van der Waals surface area contributed by atoms with Crippen LogP contribution in [0.1, 0.15) is 16.7 Å². The van der Waals surface area contributed by atoms with Gasteiger partial charge in [0, 0.05) is 21.4 Å². The minimum Gasteiger partial charge on any atom is -0.350 e. The van der Waals surface area contributed by atoms with Crippen LogP contribution in [0.15, 0.2) is 12.1 Å². The molecule has 0 bridgehead atoms. The van der Waals surface area contributed by atoms with Crippen molar-refractivity contribution in [1.29, 1.82) is 0 Å². The molecule has 1 aromatic heterocycles. The summed E-state index contributed by atoms with van der Waals surface area (Å²) in [5.41, 5.74) is 0. The maximum Gasteiger partial charge on any atom is 0.238 e. The van der Waals surface area contributed by atoms with Crippen LogP contribution in [0, 0.1) is 0 Å². The molecule has 2 N–H and O–H groups in total. The first-order valence-corrected chi connectivity index (χ1v) is 7.43. The quantitative estimate of drug-likeness (QED) is 0.859. The minimum atomic E-state index is -0.00407. The molecular formula is C11H16N2OS2. The Morgan fingerprint density at radius 2 is 2.38 bits per heavy atom. The Balaban J connectivity index is 1.80. The van der Waals surface area contributed by atoms with E-state index in [1.165, 1.54) is 9.75 Å². The van der Waals surface area contributed by atoms with Gasteiger partial charge in [0.15, 0.2) is 0 Å². The lowest BCUT2D eigenvalue weighted by atomic mass is 10.3. The van der Waals surface area contributed by atoms with E-state index in [2.05, 4.69) is 29.7 Å². The molecule has 16 heavy (non-hydrogen) atoms. The number of carbonyl (C=O) groups excluding carboxylic acids is 1. The highest BCUT2D eigenvalue weighted by Crippen LogP contribution is 2.16. The van der Waals surface area contributed by atoms with Gasteiger partial charge in [0.2, 0.25) is 5.91 Å². The summed E-state index contributed by atoms with van der Waals surface area (Å²) >= 11 is 3.55. The largest absolute Gasteiger partial charge is 0.350 e. The van der Waals surface area contributed by atoms with E-state index >= 15 is 0 Å². The third-order valence-corrected chi connectivity index (χ3v) is 4.70. The van der Waals surface area contributed by atoms with E-state index in [0.29, 0.717) is 6.54 Å². The van der Waals surface area contributed by atoms with E-state index in [-0.39, 0.29) is 11.9 Å². The average molecular weight is 256 g/mol. The number of nitrogens with one attached hydrogen (secondary N) is 2. The van der Waals surface area contributed by atoms with E-state index in [4.69, 9.17) is 0 Å². The molecule has 0 radical (unpaired) electrons. The molecule has 2 rings (SSSR count). The van der Waals surface area contributed by atoms with Crippen molar-refractivity contribution < 1.29 is 4.79 Å². The van der Waals surface area contributed by atoms with Gasteiger partial charge in [-0.1, -0.05) is 6.92 Å². The lowest BCUT2D eigenvalue weighted by molar-refractivity contribution is -0.122. The van der Waals surface area contributed by atoms with Crippen LogP contribution in [-0.2, 0) is 17.8 Å². The minimum absolute atomic E-state index is 0.00407. The van der Waals surface area contributed by atoms with Crippen LogP contribution in [0.4, 0.5) is 0 Å². The van der Waals surface area contributed by atoms with Gasteiger partial charge in [-0.25, -0.2) is 0 Å². The number of thiophene rings is 1. The molecule has 1 amide bonds. The summed E-state index contributed by atoms with van der Waals surface area (Å²) in [5.74, 6) is 1.89. The highest BCUT2D eigenvalue weighted by molar-refractivity contribution is 7.99. The lowest BCUT2D eigenvalue weighted by Crippen LogP contribution is -2.41. The Morgan fingerprint density at radius 3 is 3.00 bits per heavy atom. The van der Waals surface area contributed by atoms with Gasteiger partial charge < -0.3 is 5.32 Å². The molecule has 0 saturated carbocycles. The summed E-state index contributed by atoms with van der Waals surface area (Å²) in [5, 5.41) is 6.14. The monoisotopic (exact) mass is 256 g/mol. The van der Waals surface area contributed by atoms with Gasteiger partial charge in [0.25, 0.3) is 0 Å². The van der Waals surface area contributed by atoms with Gasteiger partial charge in [0.1, 0.15) is 0 Å². The van der Waals surface area contributed by atoms with Crippen molar-refractivity contribution in [3.05, 3.63) is 21.9 Å². The Hall–Kier alpha value is -0.520. The fourth-order valence-corrected chi connectivity index (χ4v) is 3.41. The second kappa shape index (κ2) is 5.70. The van der Waals surface area contributed by atoms with Crippen molar-refractivity contribution in [2.24, 2.45) is 0 Å². The van der Waals surface area contributed by atoms with E-state index in [1.807, 2.05) is 0 Å². The normalized spacial score (nSPS) is 19.9. The van der Waals surface area contributed by atoms with Gasteiger partial charge in [-0.2, -0.15) is 0 Å². The molecule has 1 aromatic rings. The first-order valence-electron chi connectivity index (χ1n) is 5.46. The Kier molecular flexibility index (Phi) is 4.26. The highest BCUT2D eigenvalue weighted by atomic mass is 32.2. The smallest absolute Gasteiger partial charge is 0.238 e. The highest BCUT2D eigenvalue weighted by Gasteiger charge is 2.21. The Bertz CT molecular complexity index is 359. The molecule has 0 aliphatic carbocycles. The van der Waals surface area contributed by atoms with Crippen molar-refractivity contribution in [3.63, 3.8) is 0 Å². The topological polar surface area (TPSA) is 41.1 Å². The van der Waals surface area contributed by atoms with Gasteiger partial charge in [-0.15, -0.1) is 23.1 Å². The first-order chi connectivity index (χ1) is 7.79. The van der Waals surface area contributed by atoms with Crippen LogP contribution < -0.4 is 10.6 Å². The summed E-state index contributed by atoms with van der Waals surface area (Å²) in [6.45, 7) is 2.81. The van der Waals surface area contributed by atoms with Gasteiger partial charge in [-0.05, 0) is 18.6 Å². The third-order valence-electron chi connectivity index (χ3n) is 2.54. The van der Waals surface area contributed by atoms with E-state index in [0.717, 1.165) is 18.1 Å². The van der Waals surface area contributed by atoms with Gasteiger partial charge in [0.05, 0.1) is 12.6 Å². The summed E-state index contributed by atoms with van der Waals surface area (Å²) < 4.78 is 0. The summed E-state index contributed by atoms with van der Waals surface area (Å²) in [7, 11) is 0. The van der Waals surface area contributed by atoms with Crippen LogP contribution in [0.3, 0.4) is 0 Å². The maximum absolute atomic E-state index is 11.7. The summed E-state index contributed by atoms with van der Waals surface area (Å²) in [6, 6.07) is 4.23. The molecule has 1 unspecified atom stereocenters. The van der Waals surface area contributed by atoms with Gasteiger partial charge >= 0.3 is 0 Å². The van der Waals surface area contributed by atoms with Crippen LogP contribution in [-0.4, -0.2) is 23.6 Å². The van der Waals surface area contributed by atoms with Crippen LogP contribution in [0.25, 0.3) is 0 Å². The van der Waals surface area contributed by atoms with Crippen LogP contribution in [0.2, 0.25) is 0 Å². The molecule has 1 atom stereocenters. The zero-order valence-corrected chi connectivity index (χ0v) is 10.9. The molecule has 88 valence electrons. The van der Waals surface area contributed by atoms with E-state index in [1.54, 1.807) is 23.1 Å². The fraction of sp³-hybridized carbons (Fsp3) is 0.545. The van der Waals surface area contributed by atoms with Crippen molar-refractivity contribution in [2.45, 2.75) is 25.9 Å². The zero-order valence-electron chi connectivity index (χ0n) is 9.29. The van der Waals surface area contributed by atoms with Crippen molar-refractivity contribution in [2.75, 3.05) is 11.6 Å². The number of thioether (sulfide) groups is 1. The number of rotatable bonds is 4. The molecule has 1 saturated heterocycles. The Morgan fingerprint density at radius 1 is 1.56 bits per heavy atom. The van der Waals surface area contributed by atoms with Crippen molar-refractivity contribution in [3.8, 4) is 0 Å². The second-order valence-electron chi connectivity index (χ2n) is 3.71. The lowest BCUT2D eigenvalue weighted by Gasteiger charge is -2.09. The van der Waals surface area contributed by atoms with Gasteiger partial charge in [-0.3, -0.25) is 10.1 Å². The van der Waals surface area contributed by atoms with Crippen molar-refractivity contribution >= 4 is 29.0 Å². The average Bonchev–Trinajstić information content (AvgIpc) is 2.96. The molecule has 1 aliphatic heterocycles. The van der Waals surface area contributed by atoms with E-state index < -0.39 is 0 Å². The molecule has 2 heterocycles. The standard InChI is InChI=1S/C11H16N2OS2/c1-2-8-3-4-9(16-8)5-12-11(14)10-6-15-7-13-10/h3-4,10,13H,2,5-7H2,1H3,(H,12,14). The number of hydrogen-bond acceptors (Lipinski definition) is 4. The molecule has 0 spiro atoms. The molecule has 5 heteroatoms. The Labute approximate surface area is 104 Å². The maximum atomic E-state index is 11.7. The predicted molar refractivity (Wildman–Crippen MR) is 69.8 cm³/mol. The number of aryl methyl sites for hydroxylation is 1. The predicted octanol–water partition coefficient (Wildman–Crippen LogP) is 1.59. The molecule has 3 nitrogen and oxygen atoms in total. The molecule has 0 aromatic carbocycles. The summed E-state index contributed by atoms with van der Waals surface area (Å²) in [6.07, 6.45) is 1.07. The SMILES string of the molecule is CCc1ccc(CNC(=O)C2CSCN2)s1. The fourth-order valence-electron chi connectivity index (χ4n) is 1.57. The van der Waals surface area contributed by atoms with Crippen LogP contribution in [0.5, 0.6) is 0 Å². The summed E-state index contributed by atoms with van der Waals surface area (Å²) in [4.78, 5) is 14.3. The number of amides is 1. The van der Waals surface area contributed by atoms with Crippen LogP contribution >= 0.6 is 23.1 Å².